The van der Waals surface area contributed by atoms with Crippen molar-refractivity contribution in [1.82, 2.24) is 14.7 Å². The number of anilines is 1. The molecule has 0 spiro atoms. The predicted octanol–water partition coefficient (Wildman–Crippen LogP) is 0.736. The summed E-state index contributed by atoms with van der Waals surface area (Å²) in [5.74, 6) is -0.0665. The molecule has 1 amide bonds. The Morgan fingerprint density at radius 1 is 1.61 bits per heavy atom. The van der Waals surface area contributed by atoms with Crippen molar-refractivity contribution < 1.29 is 9.53 Å². The van der Waals surface area contributed by atoms with Gasteiger partial charge in [-0.25, -0.2) is 0 Å². The normalized spacial score (nSPS) is 18.9. The zero-order valence-electron chi connectivity index (χ0n) is 11.1. The average Bonchev–Trinajstić information content (AvgIpc) is 2.68. The third kappa shape index (κ3) is 2.33. The highest BCUT2D eigenvalue weighted by molar-refractivity contribution is 5.97. The minimum atomic E-state index is -0.306. The number of nitrogens with two attached hydrogens (primary N) is 1. The first-order chi connectivity index (χ1) is 8.44. The lowest BCUT2D eigenvalue weighted by Crippen LogP contribution is -2.51. The molecule has 1 aliphatic heterocycles. The number of carbonyl (C=O) groups excluding carboxylic acids is 1. The number of rotatable bonds is 2. The first kappa shape index (κ1) is 12.9. The van der Waals surface area contributed by atoms with Gasteiger partial charge in [-0.3, -0.25) is 9.48 Å². The summed E-state index contributed by atoms with van der Waals surface area (Å²) < 4.78 is 7.24. The highest BCUT2D eigenvalue weighted by Gasteiger charge is 2.32. The Morgan fingerprint density at radius 3 is 2.94 bits per heavy atom. The first-order valence-corrected chi connectivity index (χ1v) is 6.19. The molecular formula is C12H20N4O2. The van der Waals surface area contributed by atoms with Crippen molar-refractivity contribution in [3.8, 4) is 0 Å². The fourth-order valence-corrected chi connectivity index (χ4v) is 2.21. The number of ether oxygens (including phenoxy) is 1. The van der Waals surface area contributed by atoms with Gasteiger partial charge in [0.25, 0.3) is 5.91 Å². The molecule has 1 aromatic rings. The lowest BCUT2D eigenvalue weighted by Gasteiger charge is -2.38. The van der Waals surface area contributed by atoms with E-state index >= 15 is 0 Å². The van der Waals surface area contributed by atoms with Crippen molar-refractivity contribution >= 4 is 11.6 Å². The lowest BCUT2D eigenvalue weighted by atomic mass is 10.1. The van der Waals surface area contributed by atoms with E-state index in [1.807, 2.05) is 20.8 Å². The maximum absolute atomic E-state index is 12.5. The highest BCUT2D eigenvalue weighted by Crippen LogP contribution is 2.20. The summed E-state index contributed by atoms with van der Waals surface area (Å²) in [5.41, 5.74) is 6.44. The van der Waals surface area contributed by atoms with Crippen LogP contribution in [-0.2, 0) is 11.3 Å². The van der Waals surface area contributed by atoms with E-state index in [9.17, 15) is 4.79 Å². The second-order valence-electron chi connectivity index (χ2n) is 5.10. The van der Waals surface area contributed by atoms with Crippen LogP contribution in [0, 0.1) is 0 Å². The molecule has 100 valence electrons. The summed E-state index contributed by atoms with van der Waals surface area (Å²) in [6.45, 7) is 8.24. The van der Waals surface area contributed by atoms with Crippen LogP contribution in [-0.4, -0.2) is 45.9 Å². The molecule has 0 saturated carbocycles. The Kier molecular flexibility index (Phi) is 3.30. The van der Waals surface area contributed by atoms with E-state index in [-0.39, 0.29) is 11.5 Å². The molecule has 1 aliphatic rings. The number of hydrogen-bond acceptors (Lipinski definition) is 4. The first-order valence-electron chi connectivity index (χ1n) is 6.19. The summed E-state index contributed by atoms with van der Waals surface area (Å²) in [5, 5.41) is 4.10. The van der Waals surface area contributed by atoms with Crippen molar-refractivity contribution in [2.24, 2.45) is 0 Å². The van der Waals surface area contributed by atoms with E-state index in [1.54, 1.807) is 9.58 Å². The zero-order valence-corrected chi connectivity index (χ0v) is 11.1. The van der Waals surface area contributed by atoms with E-state index in [1.165, 1.54) is 6.20 Å². The summed E-state index contributed by atoms with van der Waals surface area (Å²) in [4.78, 5) is 14.3. The Balaban J connectivity index is 2.23. The number of amides is 1. The van der Waals surface area contributed by atoms with E-state index in [0.29, 0.717) is 37.6 Å². The summed E-state index contributed by atoms with van der Waals surface area (Å²) in [7, 11) is 0. The van der Waals surface area contributed by atoms with E-state index in [4.69, 9.17) is 10.5 Å². The van der Waals surface area contributed by atoms with Crippen molar-refractivity contribution in [2.75, 3.05) is 25.4 Å². The van der Waals surface area contributed by atoms with Gasteiger partial charge in [0, 0.05) is 19.6 Å². The van der Waals surface area contributed by atoms with Crippen LogP contribution in [0.4, 0.5) is 5.69 Å². The molecule has 2 heterocycles. The number of nitrogen functional groups attached to an aromatic ring is 1. The molecule has 0 radical (unpaired) electrons. The average molecular weight is 252 g/mol. The van der Waals surface area contributed by atoms with Crippen LogP contribution >= 0.6 is 0 Å². The minimum absolute atomic E-state index is 0.0665. The largest absolute Gasteiger partial charge is 0.396 e. The third-order valence-corrected chi connectivity index (χ3v) is 3.08. The van der Waals surface area contributed by atoms with Gasteiger partial charge in [-0.15, -0.1) is 0 Å². The molecule has 0 aliphatic carbocycles. The van der Waals surface area contributed by atoms with Gasteiger partial charge in [-0.1, -0.05) is 0 Å². The van der Waals surface area contributed by atoms with Crippen molar-refractivity contribution in [3.63, 3.8) is 0 Å². The van der Waals surface area contributed by atoms with Gasteiger partial charge in [0.1, 0.15) is 5.69 Å². The number of aromatic nitrogens is 2. The number of morpholine rings is 1. The van der Waals surface area contributed by atoms with Crippen molar-refractivity contribution in [3.05, 3.63) is 11.9 Å². The molecule has 1 aromatic heterocycles. The van der Waals surface area contributed by atoms with Gasteiger partial charge in [0.05, 0.1) is 24.1 Å². The minimum Gasteiger partial charge on any atom is -0.396 e. The molecule has 18 heavy (non-hydrogen) atoms. The number of aryl methyl sites for hydroxylation is 1. The Labute approximate surface area is 107 Å². The molecular weight excluding hydrogens is 232 g/mol. The monoisotopic (exact) mass is 252 g/mol. The van der Waals surface area contributed by atoms with Gasteiger partial charge in [0.15, 0.2) is 0 Å². The quantitative estimate of drug-likeness (QED) is 0.842. The van der Waals surface area contributed by atoms with Crippen LogP contribution in [0.5, 0.6) is 0 Å². The lowest BCUT2D eigenvalue weighted by molar-refractivity contribution is -0.0765. The van der Waals surface area contributed by atoms with E-state index in [2.05, 4.69) is 5.10 Å². The fourth-order valence-electron chi connectivity index (χ4n) is 2.21. The van der Waals surface area contributed by atoms with E-state index < -0.39 is 0 Å². The highest BCUT2D eigenvalue weighted by atomic mass is 16.5. The van der Waals surface area contributed by atoms with Crippen molar-refractivity contribution in [1.29, 1.82) is 0 Å². The molecule has 1 saturated heterocycles. The number of carbonyl (C=O) groups is 1. The molecule has 0 unspecified atom stereocenters. The molecule has 0 atom stereocenters. The van der Waals surface area contributed by atoms with Gasteiger partial charge in [0.2, 0.25) is 0 Å². The van der Waals surface area contributed by atoms with Crippen LogP contribution in [0.25, 0.3) is 0 Å². The maximum Gasteiger partial charge on any atom is 0.274 e. The topological polar surface area (TPSA) is 73.4 Å². The van der Waals surface area contributed by atoms with Gasteiger partial charge in [-0.2, -0.15) is 5.10 Å². The van der Waals surface area contributed by atoms with Crippen LogP contribution < -0.4 is 5.73 Å². The van der Waals surface area contributed by atoms with Gasteiger partial charge < -0.3 is 15.4 Å². The number of nitrogens with zero attached hydrogens (tertiary/aromatic N) is 3. The van der Waals surface area contributed by atoms with Gasteiger partial charge in [-0.05, 0) is 20.8 Å². The summed E-state index contributed by atoms with van der Waals surface area (Å²) in [6, 6.07) is 0. The van der Waals surface area contributed by atoms with Crippen LogP contribution in [0.3, 0.4) is 0 Å². The van der Waals surface area contributed by atoms with Crippen LogP contribution in [0.2, 0.25) is 0 Å². The van der Waals surface area contributed by atoms with Gasteiger partial charge >= 0.3 is 0 Å². The molecule has 2 rings (SSSR count). The zero-order chi connectivity index (χ0) is 13.3. The molecule has 6 heteroatoms. The standard InChI is InChI=1S/C12H20N4O2/c1-4-16-10(9(13)7-14-16)11(17)15-5-6-18-12(2,3)8-15/h7H,4-6,8,13H2,1-3H3. The second-order valence-corrected chi connectivity index (χ2v) is 5.10. The van der Waals surface area contributed by atoms with E-state index in [0.717, 1.165) is 0 Å². The van der Waals surface area contributed by atoms with Crippen LogP contribution in [0.15, 0.2) is 6.20 Å². The molecule has 0 bridgehead atoms. The van der Waals surface area contributed by atoms with Crippen LogP contribution in [0.1, 0.15) is 31.3 Å². The summed E-state index contributed by atoms with van der Waals surface area (Å²) >= 11 is 0. The maximum atomic E-state index is 12.5. The molecule has 6 nitrogen and oxygen atoms in total. The fraction of sp³-hybridized carbons (Fsp3) is 0.667. The molecule has 0 aromatic carbocycles. The third-order valence-electron chi connectivity index (χ3n) is 3.08. The Bertz CT molecular complexity index is 453. The van der Waals surface area contributed by atoms with Crippen molar-refractivity contribution in [2.45, 2.75) is 32.9 Å². The second kappa shape index (κ2) is 4.61. The Morgan fingerprint density at radius 2 is 2.33 bits per heavy atom. The number of hydrogen-bond donors (Lipinski definition) is 1. The SMILES string of the molecule is CCn1ncc(N)c1C(=O)N1CCOC(C)(C)C1. The molecule has 2 N–H and O–H groups in total. The Hall–Kier alpha value is -1.56. The summed E-state index contributed by atoms with van der Waals surface area (Å²) in [6.07, 6.45) is 1.53. The smallest absolute Gasteiger partial charge is 0.274 e. The predicted molar refractivity (Wildman–Crippen MR) is 68.2 cm³/mol. The molecule has 1 fully saturated rings.